The van der Waals surface area contributed by atoms with Crippen molar-refractivity contribution in [2.24, 2.45) is 5.73 Å². The summed E-state index contributed by atoms with van der Waals surface area (Å²) in [5, 5.41) is 5.87. The summed E-state index contributed by atoms with van der Waals surface area (Å²) in [6, 6.07) is 7.53. The van der Waals surface area contributed by atoms with E-state index in [2.05, 4.69) is 10.6 Å². The Morgan fingerprint density at radius 1 is 1.24 bits per heavy atom. The molecule has 0 radical (unpaired) electrons. The molecule has 0 bridgehead atoms. The molecule has 5 nitrogen and oxygen atoms in total. The molecule has 0 aliphatic heterocycles. The van der Waals surface area contributed by atoms with E-state index in [1.807, 2.05) is 38.1 Å². The minimum atomic E-state index is -0.353. The lowest BCUT2D eigenvalue weighted by Gasteiger charge is -2.26. The molecule has 1 aromatic rings. The van der Waals surface area contributed by atoms with Gasteiger partial charge in [-0.1, -0.05) is 37.6 Å². The molecule has 0 saturated heterocycles. The van der Waals surface area contributed by atoms with Crippen molar-refractivity contribution in [1.82, 2.24) is 10.6 Å². The molecule has 1 rings (SSSR count). The van der Waals surface area contributed by atoms with Crippen molar-refractivity contribution in [2.45, 2.75) is 19.3 Å². The van der Waals surface area contributed by atoms with Crippen LogP contribution >= 0.6 is 24.0 Å². The molecule has 0 spiro atoms. The zero-order valence-corrected chi connectivity index (χ0v) is 13.7. The van der Waals surface area contributed by atoms with Crippen molar-refractivity contribution >= 4 is 35.8 Å². The average Bonchev–Trinajstić information content (AvgIpc) is 2.42. The van der Waals surface area contributed by atoms with E-state index in [0.717, 1.165) is 5.56 Å². The topological polar surface area (TPSA) is 84.2 Å². The second kappa shape index (κ2) is 8.87. The molecule has 0 unspecified atom stereocenters. The summed E-state index contributed by atoms with van der Waals surface area (Å²) >= 11 is 5.97. The van der Waals surface area contributed by atoms with Gasteiger partial charge >= 0.3 is 0 Å². The number of halogens is 2. The number of nitrogens with one attached hydrogen (secondary N) is 2. The molecule has 7 heteroatoms. The van der Waals surface area contributed by atoms with Gasteiger partial charge in [0.15, 0.2) is 0 Å². The quantitative estimate of drug-likeness (QED) is 0.732. The molecule has 0 heterocycles. The van der Waals surface area contributed by atoms with Crippen molar-refractivity contribution in [1.29, 1.82) is 0 Å². The molecule has 2 amide bonds. The lowest BCUT2D eigenvalue weighted by Crippen LogP contribution is -2.43. The monoisotopic (exact) mass is 333 g/mol. The van der Waals surface area contributed by atoms with Gasteiger partial charge < -0.3 is 16.4 Å². The van der Waals surface area contributed by atoms with Crippen LogP contribution in [0.2, 0.25) is 5.02 Å². The van der Waals surface area contributed by atoms with Crippen LogP contribution in [0.4, 0.5) is 0 Å². The van der Waals surface area contributed by atoms with E-state index in [0.29, 0.717) is 11.6 Å². The zero-order valence-electron chi connectivity index (χ0n) is 12.1. The van der Waals surface area contributed by atoms with Crippen LogP contribution in [0.25, 0.3) is 0 Å². The summed E-state index contributed by atoms with van der Waals surface area (Å²) in [5.74, 6) is -0.601. The van der Waals surface area contributed by atoms with Crippen molar-refractivity contribution in [3.8, 4) is 0 Å². The number of carbonyl (C=O) groups excluding carboxylic acids is 2. The van der Waals surface area contributed by atoms with E-state index in [9.17, 15) is 9.59 Å². The highest BCUT2D eigenvalue weighted by Crippen LogP contribution is 2.24. The molecule has 4 N–H and O–H groups in total. The van der Waals surface area contributed by atoms with Gasteiger partial charge in [-0.2, -0.15) is 0 Å². The van der Waals surface area contributed by atoms with Gasteiger partial charge in [0, 0.05) is 17.0 Å². The molecule has 1 aromatic carbocycles. The summed E-state index contributed by atoms with van der Waals surface area (Å²) in [6.07, 6.45) is 0. The Morgan fingerprint density at radius 2 is 1.90 bits per heavy atom. The van der Waals surface area contributed by atoms with E-state index in [1.165, 1.54) is 0 Å². The summed E-state index contributed by atoms with van der Waals surface area (Å²) in [4.78, 5) is 22.6. The molecule has 0 fully saturated rings. The van der Waals surface area contributed by atoms with Crippen LogP contribution in [-0.2, 0) is 15.0 Å². The van der Waals surface area contributed by atoms with Gasteiger partial charge in [0.05, 0.1) is 13.1 Å². The van der Waals surface area contributed by atoms with E-state index in [1.54, 1.807) is 0 Å². The second-order valence-corrected chi connectivity index (χ2v) is 5.59. The fraction of sp³-hybridized carbons (Fsp3) is 0.429. The Bertz CT molecular complexity index is 493. The van der Waals surface area contributed by atoms with Gasteiger partial charge in [0.1, 0.15) is 0 Å². The van der Waals surface area contributed by atoms with E-state index < -0.39 is 0 Å². The molecule has 0 aliphatic rings. The lowest BCUT2D eigenvalue weighted by molar-refractivity contribution is -0.125. The van der Waals surface area contributed by atoms with Crippen molar-refractivity contribution in [2.75, 3.05) is 19.6 Å². The number of nitrogens with two attached hydrogens (primary N) is 1. The smallest absolute Gasteiger partial charge is 0.239 e. The summed E-state index contributed by atoms with van der Waals surface area (Å²) < 4.78 is 0. The van der Waals surface area contributed by atoms with Gasteiger partial charge in [-0.15, -0.1) is 12.4 Å². The van der Waals surface area contributed by atoms with Gasteiger partial charge in [0.2, 0.25) is 11.8 Å². The minimum absolute atomic E-state index is 0. The van der Waals surface area contributed by atoms with Crippen molar-refractivity contribution in [3.05, 3.63) is 34.9 Å². The first-order chi connectivity index (χ1) is 9.35. The Kier molecular flexibility index (Phi) is 8.32. The van der Waals surface area contributed by atoms with Gasteiger partial charge in [-0.3, -0.25) is 9.59 Å². The molecule has 0 atom stereocenters. The highest BCUT2D eigenvalue weighted by atomic mass is 35.5. The van der Waals surface area contributed by atoms with Crippen LogP contribution in [0.5, 0.6) is 0 Å². The van der Waals surface area contributed by atoms with Gasteiger partial charge in [0.25, 0.3) is 0 Å². The molecule has 0 saturated carbocycles. The lowest BCUT2D eigenvalue weighted by atomic mass is 9.84. The first-order valence-corrected chi connectivity index (χ1v) is 6.72. The predicted octanol–water partition coefficient (Wildman–Crippen LogP) is 1.23. The number of rotatable bonds is 6. The Morgan fingerprint density at radius 3 is 2.48 bits per heavy atom. The maximum atomic E-state index is 11.6. The molecular formula is C14H21Cl2N3O2. The minimum Gasteiger partial charge on any atom is -0.354 e. The third-order valence-electron chi connectivity index (χ3n) is 2.97. The molecular weight excluding hydrogens is 313 g/mol. The Hall–Kier alpha value is -1.30. The highest BCUT2D eigenvalue weighted by Gasteiger charge is 2.21. The summed E-state index contributed by atoms with van der Waals surface area (Å²) in [6.45, 7) is 4.28. The largest absolute Gasteiger partial charge is 0.354 e. The number of hydrogen-bond acceptors (Lipinski definition) is 3. The fourth-order valence-corrected chi connectivity index (χ4v) is 1.83. The third kappa shape index (κ3) is 6.80. The van der Waals surface area contributed by atoms with Gasteiger partial charge in [-0.25, -0.2) is 0 Å². The van der Waals surface area contributed by atoms with Crippen LogP contribution in [0.15, 0.2) is 24.3 Å². The second-order valence-electron chi connectivity index (χ2n) is 5.15. The SMILES string of the molecule is CC(C)(CNC(=O)CNC(=O)CN)c1cccc(Cl)c1.Cl. The van der Waals surface area contributed by atoms with E-state index in [4.69, 9.17) is 17.3 Å². The number of benzene rings is 1. The first kappa shape index (κ1) is 19.7. The molecule has 0 aliphatic carbocycles. The Labute approximate surface area is 136 Å². The number of carbonyl (C=O) groups is 2. The van der Waals surface area contributed by atoms with E-state index >= 15 is 0 Å². The van der Waals surface area contributed by atoms with Crippen molar-refractivity contribution < 1.29 is 9.59 Å². The van der Waals surface area contributed by atoms with Crippen LogP contribution in [0.1, 0.15) is 19.4 Å². The maximum Gasteiger partial charge on any atom is 0.239 e. The fourth-order valence-electron chi connectivity index (χ4n) is 1.64. The summed E-state index contributed by atoms with van der Waals surface area (Å²) in [5.41, 5.74) is 5.92. The highest BCUT2D eigenvalue weighted by molar-refractivity contribution is 6.30. The van der Waals surface area contributed by atoms with Crippen LogP contribution < -0.4 is 16.4 Å². The van der Waals surface area contributed by atoms with Crippen LogP contribution in [-0.4, -0.2) is 31.4 Å². The molecule has 21 heavy (non-hydrogen) atoms. The first-order valence-electron chi connectivity index (χ1n) is 6.34. The Balaban J connectivity index is 0.00000400. The van der Waals surface area contributed by atoms with Crippen LogP contribution in [0, 0.1) is 0 Å². The zero-order chi connectivity index (χ0) is 15.2. The number of hydrogen-bond donors (Lipinski definition) is 3. The number of amides is 2. The van der Waals surface area contributed by atoms with Gasteiger partial charge in [-0.05, 0) is 17.7 Å². The predicted molar refractivity (Wildman–Crippen MR) is 86.8 cm³/mol. The molecule has 118 valence electrons. The van der Waals surface area contributed by atoms with Crippen molar-refractivity contribution in [3.63, 3.8) is 0 Å². The maximum absolute atomic E-state index is 11.6. The molecule has 0 aromatic heterocycles. The summed E-state index contributed by atoms with van der Waals surface area (Å²) in [7, 11) is 0. The standard InChI is InChI=1S/C14H20ClN3O2.ClH/c1-14(2,10-4-3-5-11(15)6-10)9-18-13(20)8-17-12(19)7-16;/h3-6H,7-9,16H2,1-2H3,(H,17,19)(H,18,20);1H. The normalized spacial score (nSPS) is 10.5. The average molecular weight is 334 g/mol. The third-order valence-corrected chi connectivity index (χ3v) is 3.20. The van der Waals surface area contributed by atoms with E-state index in [-0.39, 0.29) is 42.7 Å². The van der Waals surface area contributed by atoms with Crippen LogP contribution in [0.3, 0.4) is 0 Å².